The van der Waals surface area contributed by atoms with Crippen molar-refractivity contribution in [2.45, 2.75) is 64.9 Å². The fourth-order valence-corrected chi connectivity index (χ4v) is 2.60. The zero-order valence-corrected chi connectivity index (χ0v) is 9.65. The van der Waals surface area contributed by atoms with Gasteiger partial charge in [0.25, 0.3) is 0 Å². The molecule has 1 saturated carbocycles. The Hall–Kier alpha value is -0.0400. The van der Waals surface area contributed by atoms with Crippen molar-refractivity contribution in [1.29, 1.82) is 0 Å². The van der Waals surface area contributed by atoms with Crippen LogP contribution in [0, 0.1) is 5.41 Å². The summed E-state index contributed by atoms with van der Waals surface area (Å²) in [6.07, 6.45) is 7.80. The number of hydrogen-bond acceptors (Lipinski definition) is 1. The zero-order chi connectivity index (χ0) is 9.95. The summed E-state index contributed by atoms with van der Waals surface area (Å²) in [5.74, 6) is 0. The summed E-state index contributed by atoms with van der Waals surface area (Å²) in [5, 5.41) is 0. The van der Waals surface area contributed by atoms with Crippen LogP contribution in [-0.2, 0) is 4.74 Å². The molecule has 0 saturated heterocycles. The minimum Gasteiger partial charge on any atom is -0.378 e. The highest BCUT2D eigenvalue weighted by Crippen LogP contribution is 2.46. The van der Waals surface area contributed by atoms with Gasteiger partial charge in [-0.1, -0.05) is 40.0 Å². The molecule has 1 nitrogen and oxygen atoms in total. The van der Waals surface area contributed by atoms with E-state index in [9.17, 15) is 0 Å². The molecule has 13 heavy (non-hydrogen) atoms. The van der Waals surface area contributed by atoms with Crippen LogP contribution in [0.3, 0.4) is 0 Å². The molecule has 1 aliphatic carbocycles. The van der Waals surface area contributed by atoms with Crippen molar-refractivity contribution in [3.05, 3.63) is 0 Å². The minimum absolute atomic E-state index is 0.167. The van der Waals surface area contributed by atoms with Crippen molar-refractivity contribution in [1.82, 2.24) is 0 Å². The van der Waals surface area contributed by atoms with Crippen molar-refractivity contribution in [2.75, 3.05) is 7.11 Å². The van der Waals surface area contributed by atoms with Gasteiger partial charge in [0.05, 0.1) is 5.60 Å². The Morgan fingerprint density at radius 3 is 2.08 bits per heavy atom. The smallest absolute Gasteiger partial charge is 0.0729 e. The van der Waals surface area contributed by atoms with Gasteiger partial charge in [-0.3, -0.25) is 0 Å². The Bertz CT molecular complexity index is 155. The van der Waals surface area contributed by atoms with Gasteiger partial charge in [0.2, 0.25) is 0 Å². The van der Waals surface area contributed by atoms with E-state index >= 15 is 0 Å². The molecule has 0 radical (unpaired) electrons. The molecule has 1 rings (SSSR count). The second kappa shape index (κ2) is 4.00. The Kier molecular flexibility index (Phi) is 3.39. The molecule has 0 spiro atoms. The fraction of sp³-hybridized carbons (Fsp3) is 1.00. The van der Waals surface area contributed by atoms with E-state index in [1.165, 1.54) is 38.5 Å². The van der Waals surface area contributed by atoms with Crippen LogP contribution < -0.4 is 0 Å². The molecule has 0 aromatic carbocycles. The summed E-state index contributed by atoms with van der Waals surface area (Å²) in [7, 11) is 1.89. The second-order valence-electron chi connectivity index (χ2n) is 5.00. The lowest BCUT2D eigenvalue weighted by Crippen LogP contribution is -2.47. The largest absolute Gasteiger partial charge is 0.378 e. The third-order valence-corrected chi connectivity index (χ3v) is 4.17. The Balaban J connectivity index is 2.78. The van der Waals surface area contributed by atoms with Gasteiger partial charge in [0.15, 0.2) is 0 Å². The summed E-state index contributed by atoms with van der Waals surface area (Å²) in [4.78, 5) is 0. The molecule has 0 N–H and O–H groups in total. The van der Waals surface area contributed by atoms with E-state index in [4.69, 9.17) is 4.74 Å². The molecule has 1 fully saturated rings. The molecular formula is C12H24O. The molecule has 0 bridgehead atoms. The number of hydrogen-bond donors (Lipinski definition) is 0. The topological polar surface area (TPSA) is 9.23 Å². The van der Waals surface area contributed by atoms with Gasteiger partial charge in [-0.15, -0.1) is 0 Å². The second-order valence-corrected chi connectivity index (χ2v) is 5.00. The molecule has 0 atom stereocenters. The van der Waals surface area contributed by atoms with E-state index in [0.717, 1.165) is 0 Å². The molecule has 1 heteroatoms. The van der Waals surface area contributed by atoms with Crippen LogP contribution in [-0.4, -0.2) is 12.7 Å². The molecule has 0 unspecified atom stereocenters. The average molecular weight is 184 g/mol. The van der Waals surface area contributed by atoms with Gasteiger partial charge < -0.3 is 4.74 Å². The van der Waals surface area contributed by atoms with Crippen LogP contribution in [0.25, 0.3) is 0 Å². The lowest BCUT2D eigenvalue weighted by molar-refractivity contribution is -0.123. The summed E-state index contributed by atoms with van der Waals surface area (Å²) < 4.78 is 5.83. The maximum atomic E-state index is 5.83. The van der Waals surface area contributed by atoms with Gasteiger partial charge in [-0.25, -0.2) is 0 Å². The highest BCUT2D eigenvalue weighted by Gasteiger charge is 2.44. The molecular weight excluding hydrogens is 160 g/mol. The molecule has 0 aromatic rings. The number of methoxy groups -OCH3 is 1. The monoisotopic (exact) mass is 184 g/mol. The molecule has 1 aliphatic rings. The standard InChI is InChI=1S/C12H24O/c1-5-11(2,3)12(13-4)9-7-6-8-10-12/h5-10H2,1-4H3. The molecule has 0 heterocycles. The van der Waals surface area contributed by atoms with Crippen LogP contribution in [0.2, 0.25) is 0 Å². The first-order valence-electron chi connectivity index (χ1n) is 5.63. The highest BCUT2D eigenvalue weighted by atomic mass is 16.5. The van der Waals surface area contributed by atoms with E-state index in [1.807, 2.05) is 7.11 Å². The fourth-order valence-electron chi connectivity index (χ4n) is 2.60. The van der Waals surface area contributed by atoms with Crippen LogP contribution in [0.4, 0.5) is 0 Å². The predicted molar refractivity (Wildman–Crippen MR) is 56.9 cm³/mol. The minimum atomic E-state index is 0.167. The van der Waals surface area contributed by atoms with E-state index < -0.39 is 0 Å². The third-order valence-electron chi connectivity index (χ3n) is 4.17. The van der Waals surface area contributed by atoms with Crippen LogP contribution in [0.15, 0.2) is 0 Å². The number of ether oxygens (including phenoxy) is 1. The average Bonchev–Trinajstić information content (AvgIpc) is 2.18. The maximum absolute atomic E-state index is 5.83. The van der Waals surface area contributed by atoms with Crippen LogP contribution in [0.5, 0.6) is 0 Å². The SMILES string of the molecule is CCC(C)(C)C1(OC)CCCCC1. The van der Waals surface area contributed by atoms with E-state index in [1.54, 1.807) is 0 Å². The molecule has 0 aromatic heterocycles. The first kappa shape index (κ1) is 11.0. The first-order chi connectivity index (χ1) is 6.08. The van der Waals surface area contributed by atoms with Gasteiger partial charge in [0.1, 0.15) is 0 Å². The first-order valence-corrected chi connectivity index (χ1v) is 5.63. The van der Waals surface area contributed by atoms with Crippen molar-refractivity contribution >= 4 is 0 Å². The summed E-state index contributed by atoms with van der Waals surface area (Å²) >= 11 is 0. The van der Waals surface area contributed by atoms with E-state index in [2.05, 4.69) is 20.8 Å². The van der Waals surface area contributed by atoms with Crippen LogP contribution >= 0.6 is 0 Å². The van der Waals surface area contributed by atoms with Gasteiger partial charge in [0, 0.05) is 7.11 Å². The van der Waals surface area contributed by atoms with Gasteiger partial charge in [-0.05, 0) is 24.7 Å². The number of rotatable bonds is 3. The van der Waals surface area contributed by atoms with Gasteiger partial charge in [-0.2, -0.15) is 0 Å². The Labute approximate surface area is 82.9 Å². The summed E-state index contributed by atoms with van der Waals surface area (Å²) in [5.41, 5.74) is 0.502. The van der Waals surface area contributed by atoms with Crippen LogP contribution in [0.1, 0.15) is 59.3 Å². The lowest BCUT2D eigenvalue weighted by Gasteiger charge is -2.48. The van der Waals surface area contributed by atoms with E-state index in [0.29, 0.717) is 5.41 Å². The summed E-state index contributed by atoms with van der Waals surface area (Å²) in [6.45, 7) is 6.97. The highest BCUT2D eigenvalue weighted by molar-refractivity contribution is 4.95. The molecule has 78 valence electrons. The lowest BCUT2D eigenvalue weighted by atomic mass is 9.66. The van der Waals surface area contributed by atoms with Crippen molar-refractivity contribution in [3.63, 3.8) is 0 Å². The van der Waals surface area contributed by atoms with Crippen molar-refractivity contribution < 1.29 is 4.74 Å². The summed E-state index contributed by atoms with van der Waals surface area (Å²) in [6, 6.07) is 0. The zero-order valence-electron chi connectivity index (χ0n) is 9.65. The maximum Gasteiger partial charge on any atom is 0.0729 e. The Morgan fingerprint density at radius 2 is 1.69 bits per heavy atom. The van der Waals surface area contributed by atoms with Crippen molar-refractivity contribution in [2.24, 2.45) is 5.41 Å². The third kappa shape index (κ3) is 1.90. The predicted octanol–water partition coefficient (Wildman–Crippen LogP) is 3.77. The van der Waals surface area contributed by atoms with E-state index in [-0.39, 0.29) is 5.60 Å². The quantitative estimate of drug-likeness (QED) is 0.648. The molecule has 0 aliphatic heterocycles. The van der Waals surface area contributed by atoms with Gasteiger partial charge >= 0.3 is 0 Å². The normalized spacial score (nSPS) is 23.1. The molecule has 0 amide bonds. The van der Waals surface area contributed by atoms with Crippen molar-refractivity contribution in [3.8, 4) is 0 Å². The Morgan fingerprint density at radius 1 is 1.15 bits per heavy atom.